The lowest BCUT2D eigenvalue weighted by molar-refractivity contribution is -0.119. The van der Waals surface area contributed by atoms with Crippen LogP contribution in [-0.2, 0) is 14.6 Å². The van der Waals surface area contributed by atoms with Crippen LogP contribution in [0.2, 0.25) is 0 Å². The molecule has 1 aromatic rings. The molecule has 1 aromatic carbocycles. The summed E-state index contributed by atoms with van der Waals surface area (Å²) in [5, 5.41) is 9.96. The monoisotopic (exact) mass is 285 g/mol. The van der Waals surface area contributed by atoms with Gasteiger partial charge in [0.15, 0.2) is 9.84 Å². The number of carbonyl (C=O) groups is 2. The molecule has 1 rings (SSSR count). The number of benzene rings is 1. The van der Waals surface area contributed by atoms with Crippen molar-refractivity contribution in [3.05, 3.63) is 29.3 Å². The number of amides is 1. The highest BCUT2D eigenvalue weighted by Gasteiger charge is 2.31. The summed E-state index contributed by atoms with van der Waals surface area (Å²) >= 11 is 0. The zero-order valence-electron chi connectivity index (χ0n) is 10.8. The van der Waals surface area contributed by atoms with E-state index in [0.29, 0.717) is 0 Å². The van der Waals surface area contributed by atoms with Crippen molar-refractivity contribution in [2.24, 2.45) is 0 Å². The molecule has 0 heterocycles. The maximum absolute atomic E-state index is 12.3. The standard InChI is InChI=1S/C12H15NO5S/c1-7-9(12(15)16)5-4-6-10(7)19(17,18)8(2)11(14)13-3/h4-6,8H,1-3H3,(H,13,14)(H,15,16). The molecular weight excluding hydrogens is 270 g/mol. The number of aromatic carboxylic acids is 1. The number of carbonyl (C=O) groups excluding carboxylic acids is 1. The predicted molar refractivity (Wildman–Crippen MR) is 68.9 cm³/mol. The summed E-state index contributed by atoms with van der Waals surface area (Å²) in [6, 6.07) is 3.97. The Hall–Kier alpha value is -1.89. The largest absolute Gasteiger partial charge is 0.478 e. The average molecular weight is 285 g/mol. The van der Waals surface area contributed by atoms with Gasteiger partial charge >= 0.3 is 5.97 Å². The van der Waals surface area contributed by atoms with Crippen molar-refractivity contribution < 1.29 is 23.1 Å². The quantitative estimate of drug-likeness (QED) is 0.843. The molecule has 0 fully saturated rings. The van der Waals surface area contributed by atoms with E-state index in [1.807, 2.05) is 0 Å². The van der Waals surface area contributed by atoms with Crippen LogP contribution >= 0.6 is 0 Å². The lowest BCUT2D eigenvalue weighted by Gasteiger charge is -2.14. The smallest absolute Gasteiger partial charge is 0.335 e. The van der Waals surface area contributed by atoms with Crippen molar-refractivity contribution in [1.29, 1.82) is 0 Å². The van der Waals surface area contributed by atoms with E-state index >= 15 is 0 Å². The fourth-order valence-electron chi connectivity index (χ4n) is 1.69. The number of carboxylic acids is 1. The highest BCUT2D eigenvalue weighted by molar-refractivity contribution is 7.92. The van der Waals surface area contributed by atoms with E-state index in [1.54, 1.807) is 0 Å². The average Bonchev–Trinajstić information content (AvgIpc) is 2.36. The van der Waals surface area contributed by atoms with Gasteiger partial charge in [-0.1, -0.05) is 6.07 Å². The van der Waals surface area contributed by atoms with E-state index < -0.39 is 27.0 Å². The highest BCUT2D eigenvalue weighted by Crippen LogP contribution is 2.23. The molecule has 2 N–H and O–H groups in total. The summed E-state index contributed by atoms with van der Waals surface area (Å²) in [7, 11) is -2.57. The van der Waals surface area contributed by atoms with Crippen LogP contribution in [0.4, 0.5) is 0 Å². The second-order valence-electron chi connectivity index (χ2n) is 4.04. The number of carboxylic acid groups (broad SMARTS) is 1. The van der Waals surface area contributed by atoms with E-state index in [1.165, 1.54) is 39.1 Å². The van der Waals surface area contributed by atoms with Crippen LogP contribution in [-0.4, -0.2) is 37.7 Å². The topological polar surface area (TPSA) is 101 Å². The van der Waals surface area contributed by atoms with E-state index in [0.717, 1.165) is 0 Å². The first-order chi connectivity index (χ1) is 8.73. The van der Waals surface area contributed by atoms with Crippen LogP contribution in [0.5, 0.6) is 0 Å². The molecule has 0 aliphatic carbocycles. The Balaban J connectivity index is 3.42. The first kappa shape index (κ1) is 15.2. The minimum absolute atomic E-state index is 0.0924. The van der Waals surface area contributed by atoms with Gasteiger partial charge in [0.1, 0.15) is 5.25 Å². The molecule has 0 spiro atoms. The molecule has 0 aromatic heterocycles. The molecule has 6 nitrogen and oxygen atoms in total. The van der Waals surface area contributed by atoms with Gasteiger partial charge in [-0.05, 0) is 31.5 Å². The fraction of sp³-hybridized carbons (Fsp3) is 0.333. The molecule has 0 saturated carbocycles. The van der Waals surface area contributed by atoms with Gasteiger partial charge < -0.3 is 10.4 Å². The van der Waals surface area contributed by atoms with Gasteiger partial charge in [-0.3, -0.25) is 4.79 Å². The van der Waals surface area contributed by atoms with Gasteiger partial charge in [0, 0.05) is 7.05 Å². The molecule has 0 aliphatic rings. The minimum Gasteiger partial charge on any atom is -0.478 e. The van der Waals surface area contributed by atoms with Gasteiger partial charge in [0.2, 0.25) is 5.91 Å². The molecule has 104 valence electrons. The van der Waals surface area contributed by atoms with Crippen molar-refractivity contribution in [2.45, 2.75) is 24.0 Å². The Morgan fingerprint density at radius 1 is 1.32 bits per heavy atom. The van der Waals surface area contributed by atoms with Crippen LogP contribution < -0.4 is 5.32 Å². The normalized spacial score (nSPS) is 12.8. The lowest BCUT2D eigenvalue weighted by Crippen LogP contribution is -2.36. The van der Waals surface area contributed by atoms with Crippen molar-refractivity contribution in [2.75, 3.05) is 7.05 Å². The number of hydrogen-bond donors (Lipinski definition) is 2. The molecule has 0 aliphatic heterocycles. The Morgan fingerprint density at radius 3 is 2.37 bits per heavy atom. The summed E-state index contributed by atoms with van der Waals surface area (Å²) in [6.07, 6.45) is 0. The summed E-state index contributed by atoms with van der Waals surface area (Å²) in [4.78, 5) is 22.3. The third-order valence-corrected chi connectivity index (χ3v) is 5.10. The van der Waals surface area contributed by atoms with Crippen molar-refractivity contribution in [3.63, 3.8) is 0 Å². The molecule has 1 unspecified atom stereocenters. The number of sulfone groups is 1. The predicted octanol–water partition coefficient (Wildman–Crippen LogP) is 0.601. The first-order valence-electron chi connectivity index (χ1n) is 5.52. The van der Waals surface area contributed by atoms with E-state index in [4.69, 9.17) is 5.11 Å². The van der Waals surface area contributed by atoms with Crippen molar-refractivity contribution >= 4 is 21.7 Å². The Labute approximate surface area is 111 Å². The first-order valence-corrected chi connectivity index (χ1v) is 7.06. The Bertz CT molecular complexity index is 621. The van der Waals surface area contributed by atoms with Gasteiger partial charge in [-0.25, -0.2) is 13.2 Å². The second-order valence-corrected chi connectivity index (χ2v) is 6.27. The Kier molecular flexibility index (Phi) is 4.31. The van der Waals surface area contributed by atoms with Crippen molar-refractivity contribution in [1.82, 2.24) is 5.32 Å². The van der Waals surface area contributed by atoms with E-state index in [-0.39, 0.29) is 16.0 Å². The zero-order valence-corrected chi connectivity index (χ0v) is 11.6. The van der Waals surface area contributed by atoms with Gasteiger partial charge in [-0.15, -0.1) is 0 Å². The summed E-state index contributed by atoms with van der Waals surface area (Å²) < 4.78 is 24.5. The van der Waals surface area contributed by atoms with Crippen LogP contribution in [0.15, 0.2) is 23.1 Å². The molecule has 1 atom stereocenters. The van der Waals surface area contributed by atoms with Gasteiger partial charge in [0.05, 0.1) is 10.5 Å². The fourth-order valence-corrected chi connectivity index (χ4v) is 3.27. The summed E-state index contributed by atoms with van der Waals surface area (Å²) in [6.45, 7) is 2.67. The number of hydrogen-bond acceptors (Lipinski definition) is 4. The van der Waals surface area contributed by atoms with Crippen LogP contribution in [0.25, 0.3) is 0 Å². The van der Waals surface area contributed by atoms with Crippen LogP contribution in [0.1, 0.15) is 22.8 Å². The van der Waals surface area contributed by atoms with E-state index in [9.17, 15) is 18.0 Å². The summed E-state index contributed by atoms with van der Waals surface area (Å²) in [5.74, 6) is -1.85. The molecule has 0 bridgehead atoms. The molecule has 19 heavy (non-hydrogen) atoms. The lowest BCUT2D eigenvalue weighted by atomic mass is 10.1. The summed E-state index contributed by atoms with van der Waals surface area (Å²) in [5.41, 5.74) is 0.0379. The molecule has 0 radical (unpaired) electrons. The van der Waals surface area contributed by atoms with E-state index in [2.05, 4.69) is 5.32 Å². The SMILES string of the molecule is CNC(=O)C(C)S(=O)(=O)c1cccc(C(=O)O)c1C. The third-order valence-electron chi connectivity index (χ3n) is 2.90. The molecule has 1 amide bonds. The molecule has 0 saturated heterocycles. The van der Waals surface area contributed by atoms with Gasteiger partial charge in [0.25, 0.3) is 0 Å². The van der Waals surface area contributed by atoms with Crippen molar-refractivity contribution in [3.8, 4) is 0 Å². The second kappa shape index (κ2) is 5.40. The van der Waals surface area contributed by atoms with Gasteiger partial charge in [-0.2, -0.15) is 0 Å². The zero-order chi connectivity index (χ0) is 14.8. The molecular formula is C12H15NO5S. The third kappa shape index (κ3) is 2.76. The highest BCUT2D eigenvalue weighted by atomic mass is 32.2. The van der Waals surface area contributed by atoms with Crippen LogP contribution in [0.3, 0.4) is 0 Å². The Morgan fingerprint density at radius 2 is 1.89 bits per heavy atom. The maximum Gasteiger partial charge on any atom is 0.335 e. The molecule has 7 heteroatoms. The minimum atomic E-state index is -3.91. The van der Waals surface area contributed by atoms with Crippen LogP contribution in [0, 0.1) is 6.92 Å². The number of rotatable bonds is 4. The number of nitrogens with one attached hydrogen (secondary N) is 1. The maximum atomic E-state index is 12.3.